The molecule has 0 aliphatic carbocycles. The molecule has 1 aliphatic heterocycles. The van der Waals surface area contributed by atoms with Crippen LogP contribution in [0.3, 0.4) is 0 Å². The molecule has 6 heteroatoms. The Morgan fingerprint density at radius 2 is 2.36 bits per heavy atom. The monoisotopic (exact) mass is 292 g/mol. The van der Waals surface area contributed by atoms with Crippen LogP contribution in [0, 0.1) is 11.3 Å². The largest absolute Gasteiger partial charge is 0.369 e. The third-order valence-corrected chi connectivity index (χ3v) is 4.41. The summed E-state index contributed by atoms with van der Waals surface area (Å²) in [6, 6.07) is 6.52. The molecule has 0 bridgehead atoms. The highest BCUT2D eigenvalue weighted by molar-refractivity contribution is 6.12. The number of hydrogen-bond acceptors (Lipinski definition) is 5. The van der Waals surface area contributed by atoms with Gasteiger partial charge >= 0.3 is 0 Å². The highest BCUT2D eigenvalue weighted by Crippen LogP contribution is 2.34. The van der Waals surface area contributed by atoms with Gasteiger partial charge < -0.3 is 15.2 Å². The smallest absolute Gasteiger partial charge is 0.141 e. The fraction of sp³-hybridized carbons (Fsp3) is 0.312. The summed E-state index contributed by atoms with van der Waals surface area (Å²) in [6.45, 7) is 2.01. The molecular formula is C16H16N6. The Balaban J connectivity index is 1.93. The average Bonchev–Trinajstić information content (AvgIpc) is 3.18. The van der Waals surface area contributed by atoms with Gasteiger partial charge in [-0.2, -0.15) is 5.26 Å². The molecular weight excluding hydrogens is 276 g/mol. The molecule has 3 aromatic rings. The van der Waals surface area contributed by atoms with E-state index in [0.29, 0.717) is 11.7 Å². The first kappa shape index (κ1) is 13.0. The van der Waals surface area contributed by atoms with Gasteiger partial charge in [-0.15, -0.1) is 0 Å². The molecule has 6 nitrogen and oxygen atoms in total. The van der Waals surface area contributed by atoms with Crippen LogP contribution in [0.15, 0.2) is 24.5 Å². The van der Waals surface area contributed by atoms with E-state index in [9.17, 15) is 0 Å². The maximum absolute atomic E-state index is 9.10. The van der Waals surface area contributed by atoms with Gasteiger partial charge in [0.2, 0.25) is 0 Å². The summed E-state index contributed by atoms with van der Waals surface area (Å²) in [6.07, 6.45) is 4.67. The second-order valence-corrected chi connectivity index (χ2v) is 5.63. The molecule has 0 spiro atoms. The number of anilines is 1. The Bertz CT molecular complexity index is 891. The highest BCUT2D eigenvalue weighted by Gasteiger charge is 2.24. The maximum Gasteiger partial charge on any atom is 0.141 e. The van der Waals surface area contributed by atoms with Gasteiger partial charge in [-0.25, -0.2) is 9.97 Å². The summed E-state index contributed by atoms with van der Waals surface area (Å²) in [5.41, 5.74) is 3.36. The van der Waals surface area contributed by atoms with E-state index in [1.807, 2.05) is 19.3 Å². The number of H-pyrrole nitrogens is 1. The first-order valence-electron chi connectivity index (χ1n) is 7.39. The average molecular weight is 292 g/mol. The number of hydrogen-bond donors (Lipinski definition) is 2. The molecule has 4 rings (SSSR count). The molecule has 4 heterocycles. The Morgan fingerprint density at radius 3 is 3.14 bits per heavy atom. The molecule has 0 radical (unpaired) electrons. The molecule has 110 valence electrons. The van der Waals surface area contributed by atoms with Crippen molar-refractivity contribution in [2.24, 2.45) is 0 Å². The molecule has 1 atom stereocenters. The van der Waals surface area contributed by atoms with Crippen molar-refractivity contribution in [3.05, 3.63) is 30.2 Å². The van der Waals surface area contributed by atoms with Gasteiger partial charge in [0, 0.05) is 36.4 Å². The lowest BCUT2D eigenvalue weighted by Gasteiger charge is -2.19. The van der Waals surface area contributed by atoms with Crippen LogP contribution < -0.4 is 10.2 Å². The van der Waals surface area contributed by atoms with Crippen LogP contribution in [0.4, 0.5) is 5.69 Å². The molecule has 1 fully saturated rings. The molecule has 3 aromatic heterocycles. The SMILES string of the molecule is CNC1CCN(c2ccnc3[nH]c4cnc(C#N)cc4c23)C1. The summed E-state index contributed by atoms with van der Waals surface area (Å²) in [5.74, 6) is 0. The summed E-state index contributed by atoms with van der Waals surface area (Å²) in [7, 11) is 2.01. The molecule has 22 heavy (non-hydrogen) atoms. The number of fused-ring (bicyclic) bond motifs is 3. The minimum atomic E-state index is 0.428. The lowest BCUT2D eigenvalue weighted by Crippen LogP contribution is -2.29. The standard InChI is InChI=1S/C16H16N6/c1-18-10-3-5-22(9-10)14-2-4-19-16-15(14)12-6-11(7-17)20-8-13(12)21-16/h2,4,6,8,10,18H,3,5,9H2,1H3,(H,19,21). The summed E-state index contributed by atoms with van der Waals surface area (Å²) in [5, 5.41) is 14.5. The van der Waals surface area contributed by atoms with E-state index in [0.717, 1.165) is 41.4 Å². The normalized spacial score (nSPS) is 18.2. The topological polar surface area (TPSA) is 80.6 Å². The Morgan fingerprint density at radius 1 is 1.45 bits per heavy atom. The number of rotatable bonds is 2. The van der Waals surface area contributed by atoms with Gasteiger partial charge in [0.05, 0.1) is 17.1 Å². The lowest BCUT2D eigenvalue weighted by molar-refractivity contribution is 0.617. The lowest BCUT2D eigenvalue weighted by atomic mass is 10.1. The first-order valence-corrected chi connectivity index (χ1v) is 7.39. The predicted molar refractivity (Wildman–Crippen MR) is 85.8 cm³/mol. The van der Waals surface area contributed by atoms with Crippen molar-refractivity contribution in [2.75, 3.05) is 25.0 Å². The summed E-state index contributed by atoms with van der Waals surface area (Å²) < 4.78 is 0. The predicted octanol–water partition coefficient (Wildman–Crippen LogP) is 1.78. The molecule has 0 aromatic carbocycles. The second kappa shape index (κ2) is 4.97. The second-order valence-electron chi connectivity index (χ2n) is 5.63. The van der Waals surface area contributed by atoms with Gasteiger partial charge in [0.15, 0.2) is 0 Å². The van der Waals surface area contributed by atoms with Gasteiger partial charge in [-0.1, -0.05) is 0 Å². The molecule has 1 saturated heterocycles. The molecule has 1 aliphatic rings. The molecule has 0 saturated carbocycles. The van der Waals surface area contributed by atoms with Gasteiger partial charge in [0.25, 0.3) is 0 Å². The number of nitrogens with zero attached hydrogens (tertiary/aromatic N) is 4. The van der Waals surface area contributed by atoms with E-state index in [1.54, 1.807) is 6.20 Å². The van der Waals surface area contributed by atoms with Crippen molar-refractivity contribution in [2.45, 2.75) is 12.5 Å². The fourth-order valence-electron chi connectivity index (χ4n) is 3.24. The number of nitrogens with one attached hydrogen (secondary N) is 2. The van der Waals surface area contributed by atoms with Crippen molar-refractivity contribution in [1.82, 2.24) is 20.3 Å². The van der Waals surface area contributed by atoms with Gasteiger partial charge in [-0.3, -0.25) is 0 Å². The zero-order chi connectivity index (χ0) is 15.1. The van der Waals surface area contributed by atoms with E-state index >= 15 is 0 Å². The van der Waals surface area contributed by atoms with E-state index in [2.05, 4.69) is 37.3 Å². The Labute approximate surface area is 127 Å². The summed E-state index contributed by atoms with van der Waals surface area (Å²) >= 11 is 0. The van der Waals surface area contributed by atoms with Crippen molar-refractivity contribution in [3.63, 3.8) is 0 Å². The molecule has 1 unspecified atom stereocenters. The van der Waals surface area contributed by atoms with E-state index in [4.69, 9.17) is 5.26 Å². The van der Waals surface area contributed by atoms with Crippen LogP contribution in [0.1, 0.15) is 12.1 Å². The number of pyridine rings is 2. The van der Waals surface area contributed by atoms with Crippen LogP contribution in [0.5, 0.6) is 0 Å². The van der Waals surface area contributed by atoms with Crippen LogP contribution in [0.2, 0.25) is 0 Å². The van der Waals surface area contributed by atoms with Crippen LogP contribution in [-0.2, 0) is 0 Å². The van der Waals surface area contributed by atoms with Crippen molar-refractivity contribution >= 4 is 27.6 Å². The fourth-order valence-corrected chi connectivity index (χ4v) is 3.24. The van der Waals surface area contributed by atoms with Crippen molar-refractivity contribution in [3.8, 4) is 6.07 Å². The summed E-state index contributed by atoms with van der Waals surface area (Å²) in [4.78, 5) is 14.2. The highest BCUT2D eigenvalue weighted by atomic mass is 15.2. The maximum atomic E-state index is 9.10. The Kier molecular flexibility index (Phi) is 2.94. The third kappa shape index (κ3) is 1.90. The zero-order valence-electron chi connectivity index (χ0n) is 12.3. The molecule has 0 amide bonds. The first-order chi connectivity index (χ1) is 10.8. The molecule has 2 N–H and O–H groups in total. The van der Waals surface area contributed by atoms with Gasteiger partial charge in [0.1, 0.15) is 17.4 Å². The zero-order valence-corrected chi connectivity index (χ0v) is 12.3. The number of aromatic nitrogens is 3. The van der Waals surface area contributed by atoms with Crippen LogP contribution in [0.25, 0.3) is 21.9 Å². The van der Waals surface area contributed by atoms with E-state index in [1.165, 1.54) is 5.69 Å². The Hall–Kier alpha value is -2.65. The van der Waals surface area contributed by atoms with Crippen LogP contribution >= 0.6 is 0 Å². The third-order valence-electron chi connectivity index (χ3n) is 4.41. The van der Waals surface area contributed by atoms with E-state index < -0.39 is 0 Å². The van der Waals surface area contributed by atoms with Crippen LogP contribution in [-0.4, -0.2) is 41.1 Å². The van der Waals surface area contributed by atoms with E-state index in [-0.39, 0.29) is 0 Å². The minimum absolute atomic E-state index is 0.428. The number of likely N-dealkylation sites (N-methyl/N-ethyl adjacent to an activating group) is 1. The van der Waals surface area contributed by atoms with Crippen molar-refractivity contribution in [1.29, 1.82) is 5.26 Å². The van der Waals surface area contributed by atoms with Gasteiger partial charge in [-0.05, 0) is 25.6 Å². The number of nitriles is 1. The quantitative estimate of drug-likeness (QED) is 0.752. The minimum Gasteiger partial charge on any atom is -0.369 e. The number of aromatic amines is 1. The van der Waals surface area contributed by atoms with Crippen molar-refractivity contribution < 1.29 is 0 Å².